The Labute approximate surface area is 313 Å². The molecule has 2 amide bonds. The van der Waals surface area contributed by atoms with Crippen molar-refractivity contribution in [3.63, 3.8) is 0 Å². The summed E-state index contributed by atoms with van der Waals surface area (Å²) in [5, 5.41) is 25.7. The van der Waals surface area contributed by atoms with Crippen molar-refractivity contribution in [3.05, 3.63) is 77.9 Å². The van der Waals surface area contributed by atoms with Gasteiger partial charge in [-0.05, 0) is 60.6 Å². The van der Waals surface area contributed by atoms with Crippen molar-refractivity contribution in [2.45, 2.75) is 62.5 Å². The first-order valence-corrected chi connectivity index (χ1v) is 19.4. The molecule has 3 N–H and O–H groups in total. The van der Waals surface area contributed by atoms with Crippen molar-refractivity contribution < 1.29 is 56.6 Å². The summed E-state index contributed by atoms with van der Waals surface area (Å²) in [6.07, 6.45) is -2.18. The van der Waals surface area contributed by atoms with Crippen LogP contribution in [0.1, 0.15) is 42.6 Å². The highest BCUT2D eigenvalue weighted by Crippen LogP contribution is 2.38. The minimum atomic E-state index is -4.31. The summed E-state index contributed by atoms with van der Waals surface area (Å²) in [5.74, 6) is 1.17. The van der Waals surface area contributed by atoms with Gasteiger partial charge in [-0.3, -0.25) is 9.69 Å². The van der Waals surface area contributed by atoms with E-state index in [1.54, 1.807) is 18.2 Å². The molecule has 4 heterocycles. The fourth-order valence-corrected chi connectivity index (χ4v) is 9.17. The Kier molecular flexibility index (Phi) is 10.9. The zero-order valence-corrected chi connectivity index (χ0v) is 30.9. The van der Waals surface area contributed by atoms with Crippen molar-refractivity contribution in [3.8, 4) is 23.0 Å². The number of carbonyl (C=O) groups is 2. The maximum absolute atomic E-state index is 14.6. The fraction of sp³-hybridized carbons (Fsp3) is 0.474. The van der Waals surface area contributed by atoms with Crippen molar-refractivity contribution in [1.82, 2.24) is 14.5 Å². The third kappa shape index (κ3) is 8.07. The lowest BCUT2D eigenvalue weighted by Crippen LogP contribution is -2.58. The van der Waals surface area contributed by atoms with E-state index in [1.165, 1.54) is 27.4 Å². The average Bonchev–Trinajstić information content (AvgIpc) is 3.97. The van der Waals surface area contributed by atoms with Gasteiger partial charge in [0.15, 0.2) is 29.3 Å². The number of nitrogens with zero attached hydrogens (tertiary/aromatic N) is 2. The second-order valence-corrected chi connectivity index (χ2v) is 16.6. The highest BCUT2D eigenvalue weighted by Gasteiger charge is 2.49. The van der Waals surface area contributed by atoms with Gasteiger partial charge in [0.1, 0.15) is 0 Å². The quantitative estimate of drug-likeness (QED) is 0.204. The molecule has 4 aliphatic rings. The number of amides is 2. The number of fused-ring (bicyclic) bond motifs is 3. The molecular weight excluding hydrogens is 722 g/mol. The second kappa shape index (κ2) is 15.6. The Bertz CT molecular complexity index is 1940. The van der Waals surface area contributed by atoms with Gasteiger partial charge >= 0.3 is 6.09 Å². The number of rotatable bonds is 15. The number of carbonyl (C=O) groups excluding carboxylic acids is 1. The van der Waals surface area contributed by atoms with Crippen LogP contribution in [0.15, 0.2) is 71.6 Å². The van der Waals surface area contributed by atoms with Gasteiger partial charge < -0.3 is 44.0 Å². The van der Waals surface area contributed by atoms with Crippen molar-refractivity contribution in [1.29, 1.82) is 0 Å². The average molecular weight is 768 g/mol. The van der Waals surface area contributed by atoms with Crippen molar-refractivity contribution >= 4 is 22.0 Å². The van der Waals surface area contributed by atoms with Crippen molar-refractivity contribution in [2.24, 2.45) is 11.3 Å². The van der Waals surface area contributed by atoms with E-state index in [0.717, 1.165) is 5.56 Å². The molecule has 54 heavy (non-hydrogen) atoms. The molecule has 16 heteroatoms. The topological polar surface area (TPSA) is 183 Å². The summed E-state index contributed by atoms with van der Waals surface area (Å²) in [7, 11) is -4.31. The maximum atomic E-state index is 14.6. The summed E-state index contributed by atoms with van der Waals surface area (Å²) in [5.41, 5.74) is 0.429. The van der Waals surface area contributed by atoms with Gasteiger partial charge in [0.05, 0.1) is 36.3 Å². The van der Waals surface area contributed by atoms with Gasteiger partial charge in [-0.2, -0.15) is 4.31 Å². The molecule has 0 spiro atoms. The van der Waals surface area contributed by atoms with E-state index in [4.69, 9.17) is 28.4 Å². The Morgan fingerprint density at radius 2 is 1.61 bits per heavy atom. The molecule has 290 valence electrons. The van der Waals surface area contributed by atoms with E-state index in [0.29, 0.717) is 42.3 Å². The molecule has 0 aliphatic carbocycles. The lowest BCUT2D eigenvalue weighted by molar-refractivity contribution is -0.0906. The highest BCUT2D eigenvalue weighted by atomic mass is 32.2. The number of hydrogen-bond donors (Lipinski definition) is 3. The predicted molar refractivity (Wildman–Crippen MR) is 192 cm³/mol. The molecular formula is C38H45N3O12S. The van der Waals surface area contributed by atoms with Crippen molar-refractivity contribution in [2.75, 3.05) is 46.4 Å². The van der Waals surface area contributed by atoms with Crippen LogP contribution < -0.4 is 24.3 Å². The number of ether oxygens (including phenoxy) is 6. The minimum Gasteiger partial charge on any atom is -0.465 e. The molecule has 0 saturated carbocycles. The van der Waals surface area contributed by atoms with Gasteiger partial charge in [0.25, 0.3) is 5.91 Å². The molecule has 2 fully saturated rings. The van der Waals surface area contributed by atoms with E-state index >= 15 is 0 Å². The predicted octanol–water partition coefficient (Wildman–Crippen LogP) is 3.69. The van der Waals surface area contributed by atoms with Gasteiger partial charge in [-0.15, -0.1) is 0 Å². The van der Waals surface area contributed by atoms with E-state index in [-0.39, 0.29) is 62.2 Å². The zero-order chi connectivity index (χ0) is 38.0. The summed E-state index contributed by atoms with van der Waals surface area (Å²) >= 11 is 0. The SMILES string of the molecule is CC(C)(CCNC(=O)c1ccc2c(c1)OCO2)CN(C[C@@H](O)[C@H](Cc1ccccc1)N(C(=O)O)[C@H]1CO[C@H]2OCC[C@H]21)S(=O)(=O)c1ccc2c(c1)OCO2. The molecule has 0 unspecified atom stereocenters. The highest BCUT2D eigenvalue weighted by molar-refractivity contribution is 7.89. The van der Waals surface area contributed by atoms with Crippen LogP contribution in [-0.2, 0) is 25.9 Å². The molecule has 0 radical (unpaired) electrons. The number of aliphatic hydroxyl groups is 1. The van der Waals surface area contributed by atoms with Crippen LogP contribution in [0.2, 0.25) is 0 Å². The van der Waals surface area contributed by atoms with E-state index in [2.05, 4.69) is 5.32 Å². The first kappa shape index (κ1) is 37.7. The molecule has 5 atom stereocenters. The third-order valence-electron chi connectivity index (χ3n) is 10.4. The smallest absolute Gasteiger partial charge is 0.407 e. The van der Waals surface area contributed by atoms with Gasteiger partial charge in [0, 0.05) is 37.2 Å². The Balaban J connectivity index is 1.14. The Morgan fingerprint density at radius 3 is 2.33 bits per heavy atom. The molecule has 2 saturated heterocycles. The summed E-state index contributed by atoms with van der Waals surface area (Å²) in [6, 6.07) is 16.8. The number of hydrogen-bond acceptors (Lipinski definition) is 11. The van der Waals surface area contributed by atoms with E-state index in [9.17, 15) is 28.2 Å². The third-order valence-corrected chi connectivity index (χ3v) is 12.2. The van der Waals surface area contributed by atoms with Crippen LogP contribution in [0.3, 0.4) is 0 Å². The minimum absolute atomic E-state index is 0.0454. The molecule has 0 bridgehead atoms. The van der Waals surface area contributed by atoms with E-state index in [1.807, 2.05) is 44.2 Å². The fourth-order valence-electron chi connectivity index (χ4n) is 7.51. The summed E-state index contributed by atoms with van der Waals surface area (Å²) in [4.78, 5) is 27.3. The van der Waals surface area contributed by atoms with Crippen LogP contribution in [0, 0.1) is 11.3 Å². The monoisotopic (exact) mass is 767 g/mol. The second-order valence-electron chi connectivity index (χ2n) is 14.7. The van der Waals surface area contributed by atoms with Crippen LogP contribution in [-0.4, -0.2) is 111 Å². The van der Waals surface area contributed by atoms with Gasteiger partial charge in [-0.1, -0.05) is 44.2 Å². The zero-order valence-electron chi connectivity index (χ0n) is 30.1. The van der Waals surface area contributed by atoms with Gasteiger partial charge in [0.2, 0.25) is 23.6 Å². The van der Waals surface area contributed by atoms with E-state index < -0.39 is 52.6 Å². The van der Waals surface area contributed by atoms with Crippen LogP contribution >= 0.6 is 0 Å². The number of aliphatic hydroxyl groups excluding tert-OH is 1. The Hall–Kier alpha value is -4.61. The molecule has 3 aromatic carbocycles. The summed E-state index contributed by atoms with van der Waals surface area (Å²) in [6.45, 7) is 4.02. The summed E-state index contributed by atoms with van der Waals surface area (Å²) < 4.78 is 63.4. The number of carboxylic acid groups (broad SMARTS) is 1. The lowest BCUT2D eigenvalue weighted by Gasteiger charge is -2.40. The standard InChI is InChI=1S/C38H45N3O12S/c1-38(2,13-14-39-35(43)25-8-10-31-33(17-25)52-22-50-31)21-40(54(46,47)26-9-11-32-34(18-26)53-23-51-32)19-30(42)28(16-24-6-4-3-5-7-24)41(37(44)45)29-20-49-36-27(29)12-15-48-36/h3-11,17-18,27-30,36,42H,12-16,19-23H2,1-2H3,(H,39,43)(H,44,45)/t27-,28-,29-,30+,36+/m0/s1. The Morgan fingerprint density at radius 1 is 0.926 bits per heavy atom. The first-order chi connectivity index (χ1) is 25.9. The number of sulfonamides is 1. The molecule has 3 aromatic rings. The first-order valence-electron chi connectivity index (χ1n) is 17.9. The molecule has 15 nitrogen and oxygen atoms in total. The molecule has 4 aliphatic heterocycles. The number of nitrogens with one attached hydrogen (secondary N) is 1. The largest absolute Gasteiger partial charge is 0.465 e. The normalized spacial score (nSPS) is 21.1. The maximum Gasteiger partial charge on any atom is 0.407 e. The molecule has 7 rings (SSSR count). The molecule has 0 aromatic heterocycles. The lowest BCUT2D eigenvalue weighted by atomic mass is 9.89. The van der Waals surface area contributed by atoms with Crippen LogP contribution in [0.5, 0.6) is 23.0 Å². The van der Waals surface area contributed by atoms with Crippen LogP contribution in [0.25, 0.3) is 0 Å². The van der Waals surface area contributed by atoms with Gasteiger partial charge in [-0.25, -0.2) is 13.2 Å². The van der Waals surface area contributed by atoms with Crippen LogP contribution in [0.4, 0.5) is 4.79 Å². The number of benzene rings is 3.